The Labute approximate surface area is 202 Å². The highest BCUT2D eigenvalue weighted by Gasteiger charge is 2.21. The predicted molar refractivity (Wildman–Crippen MR) is 135 cm³/mol. The van der Waals surface area contributed by atoms with Gasteiger partial charge in [-0.15, -0.1) is 11.3 Å². The summed E-state index contributed by atoms with van der Waals surface area (Å²) in [6, 6.07) is 20.1. The van der Waals surface area contributed by atoms with E-state index in [-0.39, 0.29) is 11.5 Å². The Morgan fingerprint density at radius 3 is 2.48 bits per heavy atom. The molecule has 1 saturated heterocycles. The van der Waals surface area contributed by atoms with Crippen molar-refractivity contribution in [3.8, 4) is 22.6 Å². The van der Waals surface area contributed by atoms with Crippen molar-refractivity contribution in [3.05, 3.63) is 82.2 Å². The zero-order chi connectivity index (χ0) is 22.8. The number of rotatable bonds is 8. The summed E-state index contributed by atoms with van der Waals surface area (Å²) in [4.78, 5) is 16.5. The average Bonchev–Trinajstić information content (AvgIpc) is 3.16. The minimum atomic E-state index is -0.0614. The first-order valence-electron chi connectivity index (χ1n) is 11.1. The number of ketones is 1. The number of halogens is 1. The van der Waals surface area contributed by atoms with Gasteiger partial charge in [0.2, 0.25) is 5.78 Å². The van der Waals surface area contributed by atoms with Crippen molar-refractivity contribution in [2.24, 2.45) is 0 Å². The molecule has 1 fully saturated rings. The molecule has 5 rings (SSSR count). The summed E-state index contributed by atoms with van der Waals surface area (Å²) in [6.07, 6.45) is 2.32. The first kappa shape index (κ1) is 22.0. The molecule has 3 aromatic carbocycles. The number of thiophene rings is 1. The van der Waals surface area contributed by atoms with Crippen LogP contribution in [-0.4, -0.2) is 42.0 Å². The maximum atomic E-state index is 13.4. The molecule has 0 bridgehead atoms. The summed E-state index contributed by atoms with van der Waals surface area (Å²) in [6.45, 7) is 4.19. The zero-order valence-electron chi connectivity index (χ0n) is 18.1. The van der Waals surface area contributed by atoms with Crippen molar-refractivity contribution in [1.29, 1.82) is 0 Å². The first-order chi connectivity index (χ1) is 16.1. The summed E-state index contributed by atoms with van der Waals surface area (Å²) in [7, 11) is 0. The van der Waals surface area contributed by atoms with Gasteiger partial charge in [0.05, 0.1) is 11.5 Å². The molecule has 33 heavy (non-hydrogen) atoms. The second-order valence-electron chi connectivity index (χ2n) is 8.24. The van der Waals surface area contributed by atoms with Crippen LogP contribution in [0.15, 0.2) is 66.7 Å². The molecule has 1 aliphatic rings. The fourth-order valence-electron chi connectivity index (χ4n) is 4.07. The van der Waals surface area contributed by atoms with Crippen molar-refractivity contribution in [3.63, 3.8) is 0 Å². The number of phenolic OH excluding ortho intramolecular Hbond substituents is 1. The van der Waals surface area contributed by atoms with E-state index >= 15 is 0 Å². The monoisotopic (exact) mass is 477 g/mol. The minimum absolute atomic E-state index is 0.0614. The topological polar surface area (TPSA) is 49.8 Å². The largest absolute Gasteiger partial charge is 0.508 e. The molecule has 2 heterocycles. The molecule has 6 heteroatoms. The van der Waals surface area contributed by atoms with Crippen molar-refractivity contribution in [1.82, 2.24) is 4.90 Å². The van der Waals surface area contributed by atoms with Crippen LogP contribution in [0.1, 0.15) is 28.1 Å². The number of nitrogens with zero attached hydrogens (tertiary/aromatic N) is 1. The lowest BCUT2D eigenvalue weighted by Gasteiger charge is -2.30. The van der Waals surface area contributed by atoms with Crippen molar-refractivity contribution >= 4 is 38.8 Å². The van der Waals surface area contributed by atoms with Crippen LogP contribution < -0.4 is 4.74 Å². The van der Waals surface area contributed by atoms with Crippen LogP contribution in [0, 0.1) is 0 Å². The average molecular weight is 478 g/mol. The van der Waals surface area contributed by atoms with E-state index in [1.165, 1.54) is 30.8 Å². The maximum absolute atomic E-state index is 13.4. The third kappa shape index (κ3) is 4.76. The lowest BCUT2D eigenvalue weighted by Crippen LogP contribution is -2.38. The van der Waals surface area contributed by atoms with Crippen LogP contribution in [0.4, 0.5) is 0 Å². The predicted octanol–water partition coefficient (Wildman–Crippen LogP) is 6.63. The van der Waals surface area contributed by atoms with Gasteiger partial charge >= 0.3 is 0 Å². The molecular weight excluding hydrogens is 454 g/mol. The van der Waals surface area contributed by atoms with E-state index in [0.29, 0.717) is 22.1 Å². The molecule has 0 unspecified atom stereocenters. The fourth-order valence-corrected chi connectivity index (χ4v) is 5.41. The van der Waals surface area contributed by atoms with Gasteiger partial charge in [-0.3, -0.25) is 4.79 Å². The quantitative estimate of drug-likeness (QED) is 0.228. The molecule has 0 saturated carbocycles. The van der Waals surface area contributed by atoms with Crippen LogP contribution in [0.2, 0.25) is 5.02 Å². The molecular formula is C27H24ClNO3S. The van der Waals surface area contributed by atoms with Crippen LogP contribution in [0.3, 0.4) is 0 Å². The maximum Gasteiger partial charge on any atom is 0.203 e. The van der Waals surface area contributed by atoms with E-state index in [1.807, 2.05) is 30.3 Å². The second kappa shape index (κ2) is 9.56. The number of fused-ring (bicyclic) bond motifs is 1. The summed E-state index contributed by atoms with van der Waals surface area (Å²) >= 11 is 7.40. The summed E-state index contributed by atoms with van der Waals surface area (Å²) in [5.74, 6) is 0.946. The van der Waals surface area contributed by atoms with Crippen LogP contribution in [0.25, 0.3) is 21.2 Å². The van der Waals surface area contributed by atoms with E-state index in [1.54, 1.807) is 36.4 Å². The lowest BCUT2D eigenvalue weighted by atomic mass is 9.98. The molecule has 0 amide bonds. The summed E-state index contributed by atoms with van der Waals surface area (Å²) < 4.78 is 6.79. The first-order valence-corrected chi connectivity index (χ1v) is 12.3. The molecule has 0 radical (unpaired) electrons. The van der Waals surface area contributed by atoms with Gasteiger partial charge in [0, 0.05) is 32.8 Å². The highest BCUT2D eigenvalue weighted by atomic mass is 35.5. The molecule has 4 nitrogen and oxygen atoms in total. The van der Waals surface area contributed by atoms with E-state index in [4.69, 9.17) is 16.3 Å². The Morgan fingerprint density at radius 2 is 1.79 bits per heavy atom. The number of benzene rings is 3. The smallest absolute Gasteiger partial charge is 0.203 e. The fraction of sp³-hybridized carbons (Fsp3) is 0.222. The van der Waals surface area contributed by atoms with Crippen molar-refractivity contribution < 1.29 is 14.6 Å². The zero-order valence-corrected chi connectivity index (χ0v) is 19.7. The van der Waals surface area contributed by atoms with Gasteiger partial charge in [0.1, 0.15) is 11.5 Å². The third-order valence-electron chi connectivity index (χ3n) is 5.97. The molecule has 0 spiro atoms. The normalized spacial score (nSPS) is 13.7. The number of aromatic hydroxyl groups is 1. The highest BCUT2D eigenvalue weighted by Crippen LogP contribution is 2.41. The molecule has 0 atom stereocenters. The van der Waals surface area contributed by atoms with E-state index < -0.39 is 0 Å². The van der Waals surface area contributed by atoms with Gasteiger partial charge in [-0.1, -0.05) is 23.7 Å². The third-order valence-corrected chi connectivity index (χ3v) is 7.37. The number of hydrogen-bond acceptors (Lipinski definition) is 5. The van der Waals surface area contributed by atoms with Gasteiger partial charge in [-0.05, 0) is 86.1 Å². The van der Waals surface area contributed by atoms with E-state index in [0.717, 1.165) is 39.9 Å². The molecule has 1 aromatic heterocycles. The Morgan fingerprint density at radius 1 is 1.03 bits per heavy atom. The Hall–Kier alpha value is -2.86. The van der Waals surface area contributed by atoms with Gasteiger partial charge in [-0.25, -0.2) is 0 Å². The van der Waals surface area contributed by atoms with Crippen molar-refractivity contribution in [2.45, 2.75) is 12.8 Å². The van der Waals surface area contributed by atoms with E-state index in [2.05, 4.69) is 4.90 Å². The summed E-state index contributed by atoms with van der Waals surface area (Å²) in [5.41, 5.74) is 2.40. The molecule has 4 aromatic rings. The Bertz CT molecular complexity index is 1280. The van der Waals surface area contributed by atoms with Gasteiger partial charge in [-0.2, -0.15) is 0 Å². The van der Waals surface area contributed by atoms with Crippen molar-refractivity contribution in [2.75, 3.05) is 26.2 Å². The molecule has 1 aliphatic heterocycles. The number of carbonyl (C=O) groups is 1. The number of phenols is 1. The number of likely N-dealkylation sites (tertiary alicyclic amines) is 1. The van der Waals surface area contributed by atoms with Crippen LogP contribution >= 0.6 is 22.9 Å². The number of carbonyl (C=O) groups excluding carboxylic acids is 1. The molecule has 0 aliphatic carbocycles. The number of hydrogen-bond donors (Lipinski definition) is 1. The van der Waals surface area contributed by atoms with E-state index in [9.17, 15) is 9.90 Å². The Kier molecular flexibility index (Phi) is 6.36. The number of ether oxygens (including phenoxy) is 1. The van der Waals surface area contributed by atoms with Gasteiger partial charge in [0.25, 0.3) is 0 Å². The second-order valence-corrected chi connectivity index (χ2v) is 9.73. The molecule has 168 valence electrons. The van der Waals surface area contributed by atoms with Gasteiger partial charge in [0.15, 0.2) is 0 Å². The lowest BCUT2D eigenvalue weighted by molar-refractivity contribution is 0.104. The highest BCUT2D eigenvalue weighted by molar-refractivity contribution is 7.21. The standard InChI is InChI=1S/C27H24ClNO3S/c28-20-7-3-19(4-8-20)26(31)27-25(23-12-9-21(30)17-24(23)33-27)18-5-10-22(11-6-18)32-16-2-15-29-13-1-14-29/h3-12,17,30H,1-2,13-16H2. The molecule has 1 N–H and O–H groups in total. The summed E-state index contributed by atoms with van der Waals surface area (Å²) in [5, 5.41) is 11.5. The van der Waals surface area contributed by atoms with Gasteiger partial charge < -0.3 is 14.7 Å². The van der Waals surface area contributed by atoms with Crippen LogP contribution in [0.5, 0.6) is 11.5 Å². The SMILES string of the molecule is O=C(c1ccc(Cl)cc1)c1sc2cc(O)ccc2c1-c1ccc(OCCCN2CCC2)cc1. The van der Waals surface area contributed by atoms with Crippen LogP contribution in [-0.2, 0) is 0 Å². The minimum Gasteiger partial charge on any atom is -0.508 e. The Balaban J connectivity index is 1.43.